The van der Waals surface area contributed by atoms with Gasteiger partial charge in [0.05, 0.1) is 11.1 Å². The Morgan fingerprint density at radius 2 is 2.00 bits per heavy atom. The number of anilines is 1. The van der Waals surface area contributed by atoms with Gasteiger partial charge >= 0.3 is 0 Å². The van der Waals surface area contributed by atoms with Crippen LogP contribution in [0.4, 0.5) is 11.6 Å². The van der Waals surface area contributed by atoms with Crippen molar-refractivity contribution in [2.75, 3.05) is 5.43 Å². The van der Waals surface area contributed by atoms with E-state index in [0.717, 1.165) is 15.4 Å². The second kappa shape index (κ2) is 6.48. The number of benzene rings is 2. The van der Waals surface area contributed by atoms with Crippen molar-refractivity contribution in [3.05, 3.63) is 62.6 Å². The van der Waals surface area contributed by atoms with Gasteiger partial charge in [0.2, 0.25) is 0 Å². The lowest BCUT2D eigenvalue weighted by Crippen LogP contribution is -1.99. The van der Waals surface area contributed by atoms with E-state index in [-0.39, 0.29) is 11.6 Å². The topological polar surface area (TPSA) is 122 Å². The molecule has 0 saturated carbocycles. The summed E-state index contributed by atoms with van der Waals surface area (Å²) in [4.78, 5) is 17.7. The summed E-state index contributed by atoms with van der Waals surface area (Å²) in [6, 6.07) is 11.8. The predicted molar refractivity (Wildman–Crippen MR) is 101 cm³/mol. The van der Waals surface area contributed by atoms with Gasteiger partial charge in [-0.25, -0.2) is 5.43 Å². The van der Waals surface area contributed by atoms with Gasteiger partial charge in [0.25, 0.3) is 11.6 Å². The monoisotopic (exact) mass is 411 g/mol. The van der Waals surface area contributed by atoms with Gasteiger partial charge < -0.3 is 4.98 Å². The fraction of sp³-hybridized carbons (Fsp3) is 0. The lowest BCUT2D eigenvalue weighted by atomic mass is 10.2. The first kappa shape index (κ1) is 16.1. The van der Waals surface area contributed by atoms with E-state index in [4.69, 9.17) is 0 Å². The Hall–Kier alpha value is -3.40. The standard InChI is InChI=1S/C16H10BrN7O2/c17-10-3-6-13-12(7-10)14-15(19-13)20-16(23-21-14)22-18-8-9-1-4-11(5-2-9)24(25)26/h1-8H,(H2,19,20,22,23)/b18-8-. The smallest absolute Gasteiger partial charge is 0.269 e. The number of nitro benzene ring substituents is 1. The molecule has 4 aromatic rings. The zero-order valence-corrected chi connectivity index (χ0v) is 14.6. The molecule has 0 bridgehead atoms. The molecule has 0 fully saturated rings. The number of nitrogens with one attached hydrogen (secondary N) is 2. The van der Waals surface area contributed by atoms with Crippen LogP contribution in [0.15, 0.2) is 52.0 Å². The quantitative estimate of drug-likeness (QED) is 0.300. The van der Waals surface area contributed by atoms with E-state index in [1.807, 2.05) is 18.2 Å². The zero-order chi connectivity index (χ0) is 18.1. The van der Waals surface area contributed by atoms with Crippen LogP contribution in [0.1, 0.15) is 5.56 Å². The van der Waals surface area contributed by atoms with Gasteiger partial charge in [-0.05, 0) is 35.9 Å². The Kier molecular flexibility index (Phi) is 4.01. The van der Waals surface area contributed by atoms with Crippen molar-refractivity contribution in [1.82, 2.24) is 20.2 Å². The number of aromatic nitrogens is 4. The van der Waals surface area contributed by atoms with E-state index < -0.39 is 4.92 Å². The maximum absolute atomic E-state index is 10.6. The molecule has 0 unspecified atom stereocenters. The van der Waals surface area contributed by atoms with Crippen LogP contribution in [0.2, 0.25) is 0 Å². The lowest BCUT2D eigenvalue weighted by Gasteiger charge is -1.97. The minimum absolute atomic E-state index is 0.0264. The largest absolute Gasteiger partial charge is 0.338 e. The van der Waals surface area contributed by atoms with Crippen LogP contribution >= 0.6 is 15.9 Å². The average Bonchev–Trinajstić information content (AvgIpc) is 2.99. The number of fused-ring (bicyclic) bond motifs is 3. The van der Waals surface area contributed by atoms with Crippen molar-refractivity contribution in [1.29, 1.82) is 0 Å². The number of rotatable bonds is 4. The van der Waals surface area contributed by atoms with Gasteiger partial charge in [0.1, 0.15) is 5.52 Å². The molecule has 0 radical (unpaired) electrons. The summed E-state index contributed by atoms with van der Waals surface area (Å²) in [6.07, 6.45) is 1.51. The molecular weight excluding hydrogens is 402 g/mol. The van der Waals surface area contributed by atoms with Crippen molar-refractivity contribution in [3.8, 4) is 0 Å². The average molecular weight is 412 g/mol. The molecule has 0 spiro atoms. The van der Waals surface area contributed by atoms with E-state index in [0.29, 0.717) is 16.7 Å². The van der Waals surface area contributed by atoms with Gasteiger partial charge in [-0.1, -0.05) is 15.9 Å². The Balaban J connectivity index is 1.55. The molecule has 0 aliphatic heterocycles. The first-order valence-electron chi connectivity index (χ1n) is 7.45. The number of H-pyrrole nitrogens is 1. The fourth-order valence-electron chi connectivity index (χ4n) is 2.44. The van der Waals surface area contributed by atoms with Gasteiger partial charge in [-0.2, -0.15) is 10.1 Å². The normalized spacial score (nSPS) is 11.4. The number of hydrogen-bond acceptors (Lipinski definition) is 7. The van der Waals surface area contributed by atoms with E-state index in [1.54, 1.807) is 12.1 Å². The van der Waals surface area contributed by atoms with E-state index in [2.05, 4.69) is 46.6 Å². The van der Waals surface area contributed by atoms with Crippen molar-refractivity contribution >= 4 is 55.8 Å². The summed E-state index contributed by atoms with van der Waals surface area (Å²) in [6.45, 7) is 0. The number of nitrogens with zero attached hydrogens (tertiary/aromatic N) is 5. The Labute approximate surface area is 154 Å². The number of aromatic amines is 1. The van der Waals surface area contributed by atoms with Crippen LogP contribution in [0, 0.1) is 10.1 Å². The number of halogens is 1. The molecule has 0 aliphatic rings. The molecule has 4 rings (SSSR count). The molecule has 26 heavy (non-hydrogen) atoms. The molecule has 2 N–H and O–H groups in total. The highest BCUT2D eigenvalue weighted by Gasteiger charge is 2.09. The van der Waals surface area contributed by atoms with Crippen LogP contribution in [0.5, 0.6) is 0 Å². The highest BCUT2D eigenvalue weighted by atomic mass is 79.9. The number of hydrogen-bond donors (Lipinski definition) is 2. The van der Waals surface area contributed by atoms with Crippen LogP contribution < -0.4 is 5.43 Å². The molecule has 2 aromatic carbocycles. The van der Waals surface area contributed by atoms with Gasteiger partial charge in [0, 0.05) is 27.5 Å². The SMILES string of the molecule is O=[N+]([O-])c1ccc(/C=N\Nc2nnc3c(n2)[nH]c2ccc(Br)cc23)cc1. The zero-order valence-electron chi connectivity index (χ0n) is 13.0. The van der Waals surface area contributed by atoms with E-state index in [1.165, 1.54) is 18.3 Å². The van der Waals surface area contributed by atoms with E-state index in [9.17, 15) is 10.1 Å². The summed E-state index contributed by atoms with van der Waals surface area (Å²) in [5, 5.41) is 23.8. The summed E-state index contributed by atoms with van der Waals surface area (Å²) in [5.41, 5.74) is 5.61. The third-order valence-corrected chi connectivity index (χ3v) is 4.15. The number of non-ortho nitro benzene ring substituents is 1. The van der Waals surface area contributed by atoms with Gasteiger partial charge in [-0.3, -0.25) is 10.1 Å². The van der Waals surface area contributed by atoms with Crippen molar-refractivity contribution in [2.24, 2.45) is 5.10 Å². The molecule has 0 saturated heterocycles. The van der Waals surface area contributed by atoms with Crippen LogP contribution in [-0.4, -0.2) is 31.3 Å². The second-order valence-corrected chi connectivity index (χ2v) is 6.28. The van der Waals surface area contributed by atoms with Crippen molar-refractivity contribution < 1.29 is 4.92 Å². The molecule has 0 amide bonds. The molecular formula is C16H10BrN7O2. The number of nitro groups is 1. The Morgan fingerprint density at radius 3 is 2.77 bits per heavy atom. The minimum atomic E-state index is -0.452. The van der Waals surface area contributed by atoms with E-state index >= 15 is 0 Å². The third-order valence-electron chi connectivity index (χ3n) is 3.66. The first-order chi connectivity index (χ1) is 12.6. The summed E-state index contributed by atoms with van der Waals surface area (Å²) >= 11 is 3.43. The third kappa shape index (κ3) is 3.09. The van der Waals surface area contributed by atoms with Gasteiger partial charge in [0.15, 0.2) is 5.65 Å². The molecule has 0 aliphatic carbocycles. The van der Waals surface area contributed by atoms with Crippen LogP contribution in [0.25, 0.3) is 22.1 Å². The lowest BCUT2D eigenvalue weighted by molar-refractivity contribution is -0.384. The second-order valence-electron chi connectivity index (χ2n) is 5.37. The molecule has 0 atom stereocenters. The first-order valence-corrected chi connectivity index (χ1v) is 8.25. The van der Waals surface area contributed by atoms with Crippen LogP contribution in [0.3, 0.4) is 0 Å². The highest BCUT2D eigenvalue weighted by molar-refractivity contribution is 9.10. The highest BCUT2D eigenvalue weighted by Crippen LogP contribution is 2.25. The summed E-state index contributed by atoms with van der Waals surface area (Å²) < 4.78 is 0.947. The summed E-state index contributed by atoms with van der Waals surface area (Å²) in [7, 11) is 0. The molecule has 2 aromatic heterocycles. The molecule has 10 heteroatoms. The van der Waals surface area contributed by atoms with Crippen molar-refractivity contribution in [2.45, 2.75) is 0 Å². The molecule has 9 nitrogen and oxygen atoms in total. The van der Waals surface area contributed by atoms with Crippen LogP contribution in [-0.2, 0) is 0 Å². The van der Waals surface area contributed by atoms with Crippen molar-refractivity contribution in [3.63, 3.8) is 0 Å². The molecule has 2 heterocycles. The number of hydrazone groups is 1. The predicted octanol–water partition coefficient (Wildman–Crippen LogP) is 3.62. The Bertz CT molecular complexity index is 1150. The summed E-state index contributed by atoms with van der Waals surface area (Å²) in [5.74, 6) is 0.237. The maximum Gasteiger partial charge on any atom is 0.269 e. The Morgan fingerprint density at radius 1 is 1.19 bits per heavy atom. The maximum atomic E-state index is 10.6. The fourth-order valence-corrected chi connectivity index (χ4v) is 2.80. The van der Waals surface area contributed by atoms with Gasteiger partial charge in [-0.15, -0.1) is 10.2 Å². The molecule has 128 valence electrons. The minimum Gasteiger partial charge on any atom is -0.338 e.